The third-order valence-electron chi connectivity index (χ3n) is 3.32. The summed E-state index contributed by atoms with van der Waals surface area (Å²) >= 11 is 3.55. The van der Waals surface area contributed by atoms with E-state index in [2.05, 4.69) is 66.5 Å². The van der Waals surface area contributed by atoms with Crippen molar-refractivity contribution in [2.75, 3.05) is 31.1 Å². The van der Waals surface area contributed by atoms with Crippen LogP contribution in [0.3, 0.4) is 0 Å². The Labute approximate surface area is 120 Å². The highest BCUT2D eigenvalue weighted by molar-refractivity contribution is 9.10. The van der Waals surface area contributed by atoms with Crippen LogP contribution in [0.1, 0.15) is 5.56 Å². The maximum absolute atomic E-state index is 4.59. The van der Waals surface area contributed by atoms with Gasteiger partial charge in [0, 0.05) is 36.2 Å². The van der Waals surface area contributed by atoms with Crippen LogP contribution in [0.4, 0.5) is 5.95 Å². The molecule has 6 heteroatoms. The topological polar surface area (TPSA) is 56.8 Å². The second-order valence-electron chi connectivity index (χ2n) is 4.69. The minimum Gasteiger partial charge on any atom is -0.337 e. The Morgan fingerprint density at radius 1 is 1.26 bits per heavy atom. The third kappa shape index (κ3) is 2.64. The molecule has 0 spiro atoms. The van der Waals surface area contributed by atoms with E-state index in [0.29, 0.717) is 0 Å². The lowest BCUT2D eigenvalue weighted by molar-refractivity contribution is 0.580. The van der Waals surface area contributed by atoms with Crippen LogP contribution in [-0.4, -0.2) is 41.4 Å². The predicted molar refractivity (Wildman–Crippen MR) is 79.3 cm³/mol. The van der Waals surface area contributed by atoms with Crippen molar-refractivity contribution in [2.45, 2.75) is 6.92 Å². The number of benzene rings is 1. The maximum Gasteiger partial charge on any atom is 0.245 e. The zero-order valence-corrected chi connectivity index (χ0v) is 12.4. The number of nitrogens with one attached hydrogen (secondary N) is 2. The maximum atomic E-state index is 4.59. The molecule has 0 bridgehead atoms. The number of H-pyrrole nitrogens is 1. The zero-order chi connectivity index (χ0) is 13.2. The van der Waals surface area contributed by atoms with E-state index in [4.69, 9.17) is 0 Å². The molecule has 5 nitrogen and oxygen atoms in total. The Morgan fingerprint density at radius 3 is 2.79 bits per heavy atom. The summed E-state index contributed by atoms with van der Waals surface area (Å²) < 4.78 is 1.09. The van der Waals surface area contributed by atoms with Crippen LogP contribution in [0.5, 0.6) is 0 Å². The van der Waals surface area contributed by atoms with Crippen LogP contribution in [0.25, 0.3) is 11.4 Å². The van der Waals surface area contributed by atoms with Crippen molar-refractivity contribution < 1.29 is 0 Å². The molecule has 2 aromatic rings. The van der Waals surface area contributed by atoms with Gasteiger partial charge >= 0.3 is 0 Å². The van der Waals surface area contributed by atoms with Crippen molar-refractivity contribution in [2.24, 2.45) is 0 Å². The van der Waals surface area contributed by atoms with Gasteiger partial charge in [-0.1, -0.05) is 28.1 Å². The number of rotatable bonds is 2. The molecule has 1 fully saturated rings. The fourth-order valence-corrected chi connectivity index (χ4v) is 2.51. The SMILES string of the molecule is Cc1ccc(-c2nc(N3CCNCC3)n[nH]2)cc1Br. The van der Waals surface area contributed by atoms with Gasteiger partial charge in [-0.25, -0.2) is 0 Å². The number of halogens is 1. The second kappa shape index (κ2) is 5.30. The van der Waals surface area contributed by atoms with Crippen molar-refractivity contribution in [3.63, 3.8) is 0 Å². The number of piperazine rings is 1. The van der Waals surface area contributed by atoms with Gasteiger partial charge in [-0.15, -0.1) is 5.10 Å². The molecular formula is C13H16BrN5. The van der Waals surface area contributed by atoms with Crippen LogP contribution < -0.4 is 10.2 Å². The molecule has 1 aromatic carbocycles. The lowest BCUT2D eigenvalue weighted by Crippen LogP contribution is -2.44. The van der Waals surface area contributed by atoms with Gasteiger partial charge in [-0.05, 0) is 18.6 Å². The molecule has 3 rings (SSSR count). The fraction of sp³-hybridized carbons (Fsp3) is 0.385. The number of hydrogen-bond acceptors (Lipinski definition) is 4. The van der Waals surface area contributed by atoms with E-state index in [1.165, 1.54) is 5.56 Å². The Hall–Kier alpha value is -1.40. The molecule has 1 aliphatic rings. The first-order valence-corrected chi connectivity index (χ1v) is 7.18. The van der Waals surface area contributed by atoms with E-state index in [0.717, 1.165) is 48.0 Å². The van der Waals surface area contributed by atoms with Gasteiger partial charge in [-0.2, -0.15) is 4.98 Å². The minimum absolute atomic E-state index is 0.785. The van der Waals surface area contributed by atoms with E-state index in [1.807, 2.05) is 0 Å². The molecule has 0 radical (unpaired) electrons. The molecule has 0 atom stereocenters. The van der Waals surface area contributed by atoms with Crippen molar-refractivity contribution in [3.8, 4) is 11.4 Å². The van der Waals surface area contributed by atoms with Crippen LogP contribution >= 0.6 is 15.9 Å². The van der Waals surface area contributed by atoms with E-state index < -0.39 is 0 Å². The molecule has 19 heavy (non-hydrogen) atoms. The Kier molecular flexibility index (Phi) is 3.52. The summed E-state index contributed by atoms with van der Waals surface area (Å²) in [6.07, 6.45) is 0. The summed E-state index contributed by atoms with van der Waals surface area (Å²) in [6.45, 7) is 5.95. The molecule has 0 aliphatic carbocycles. The first-order valence-electron chi connectivity index (χ1n) is 6.38. The average Bonchev–Trinajstić information content (AvgIpc) is 2.93. The number of nitrogens with zero attached hydrogens (tertiary/aromatic N) is 3. The smallest absolute Gasteiger partial charge is 0.245 e. The van der Waals surface area contributed by atoms with Gasteiger partial charge < -0.3 is 10.2 Å². The van der Waals surface area contributed by atoms with Gasteiger partial charge in [-0.3, -0.25) is 5.10 Å². The summed E-state index contributed by atoms with van der Waals surface area (Å²) in [6, 6.07) is 6.20. The summed E-state index contributed by atoms with van der Waals surface area (Å²) in [5.41, 5.74) is 2.26. The van der Waals surface area contributed by atoms with Crippen molar-refractivity contribution >= 4 is 21.9 Å². The number of hydrogen-bond donors (Lipinski definition) is 2. The Balaban J connectivity index is 1.85. The van der Waals surface area contributed by atoms with E-state index in [9.17, 15) is 0 Å². The minimum atomic E-state index is 0.785. The van der Waals surface area contributed by atoms with Crippen molar-refractivity contribution in [1.82, 2.24) is 20.5 Å². The standard InChI is InChI=1S/C13H16BrN5/c1-9-2-3-10(8-11(9)14)12-16-13(18-17-12)19-6-4-15-5-7-19/h2-3,8,15H,4-7H2,1H3,(H,16,17,18). The largest absolute Gasteiger partial charge is 0.337 e. The van der Waals surface area contributed by atoms with Gasteiger partial charge in [0.05, 0.1) is 0 Å². The van der Waals surface area contributed by atoms with Crippen molar-refractivity contribution in [3.05, 3.63) is 28.2 Å². The van der Waals surface area contributed by atoms with Crippen LogP contribution in [0.2, 0.25) is 0 Å². The number of anilines is 1. The van der Waals surface area contributed by atoms with E-state index in [1.54, 1.807) is 0 Å². The molecule has 2 N–H and O–H groups in total. The summed E-state index contributed by atoms with van der Waals surface area (Å²) in [5.74, 6) is 1.60. The Bertz CT molecular complexity index is 574. The molecular weight excluding hydrogens is 306 g/mol. The summed E-state index contributed by atoms with van der Waals surface area (Å²) in [5, 5.41) is 10.7. The second-order valence-corrected chi connectivity index (χ2v) is 5.54. The molecule has 100 valence electrons. The molecule has 0 saturated carbocycles. The number of aryl methyl sites for hydroxylation is 1. The van der Waals surface area contributed by atoms with Crippen LogP contribution in [0.15, 0.2) is 22.7 Å². The van der Waals surface area contributed by atoms with E-state index >= 15 is 0 Å². The first kappa shape index (κ1) is 12.6. The lowest BCUT2D eigenvalue weighted by atomic mass is 10.1. The highest BCUT2D eigenvalue weighted by Crippen LogP contribution is 2.24. The molecule has 1 aromatic heterocycles. The molecule has 0 amide bonds. The molecule has 0 unspecified atom stereocenters. The first-order chi connectivity index (χ1) is 9.24. The van der Waals surface area contributed by atoms with Crippen molar-refractivity contribution in [1.29, 1.82) is 0 Å². The molecule has 1 saturated heterocycles. The number of aromatic amines is 1. The molecule has 1 aliphatic heterocycles. The predicted octanol–water partition coefficient (Wildman–Crippen LogP) is 1.95. The van der Waals surface area contributed by atoms with Gasteiger partial charge in [0.1, 0.15) is 0 Å². The van der Waals surface area contributed by atoms with Crippen LogP contribution in [-0.2, 0) is 0 Å². The van der Waals surface area contributed by atoms with Crippen LogP contribution in [0, 0.1) is 6.92 Å². The van der Waals surface area contributed by atoms with Gasteiger partial charge in [0.15, 0.2) is 5.82 Å². The zero-order valence-electron chi connectivity index (χ0n) is 10.8. The number of aromatic nitrogens is 3. The fourth-order valence-electron chi connectivity index (χ4n) is 2.13. The highest BCUT2D eigenvalue weighted by atomic mass is 79.9. The van der Waals surface area contributed by atoms with Gasteiger partial charge in [0.2, 0.25) is 5.95 Å². The van der Waals surface area contributed by atoms with Gasteiger partial charge in [0.25, 0.3) is 0 Å². The summed E-state index contributed by atoms with van der Waals surface area (Å²) in [4.78, 5) is 6.78. The lowest BCUT2D eigenvalue weighted by Gasteiger charge is -2.25. The average molecular weight is 322 g/mol. The quantitative estimate of drug-likeness (QED) is 0.887. The van der Waals surface area contributed by atoms with E-state index in [-0.39, 0.29) is 0 Å². The monoisotopic (exact) mass is 321 g/mol. The highest BCUT2D eigenvalue weighted by Gasteiger charge is 2.15. The third-order valence-corrected chi connectivity index (χ3v) is 4.17. The molecule has 2 heterocycles. The summed E-state index contributed by atoms with van der Waals surface area (Å²) in [7, 11) is 0. The Morgan fingerprint density at radius 2 is 2.05 bits per heavy atom. The normalized spacial score (nSPS) is 15.8.